The lowest BCUT2D eigenvalue weighted by molar-refractivity contribution is 0.317. The first-order valence-electron chi connectivity index (χ1n) is 7.08. The largest absolute Gasteiger partial charge is 0.496 e. The number of ether oxygens (including phenoxy) is 1. The van der Waals surface area contributed by atoms with Crippen LogP contribution >= 0.6 is 27.5 Å². The monoisotopic (exact) mass is 342 g/mol. The van der Waals surface area contributed by atoms with Gasteiger partial charge in [0.2, 0.25) is 0 Å². The lowest BCUT2D eigenvalue weighted by Crippen LogP contribution is -2.16. The van der Waals surface area contributed by atoms with Gasteiger partial charge >= 0.3 is 0 Å². The van der Waals surface area contributed by atoms with Crippen LogP contribution in [0, 0.1) is 24.7 Å². The highest BCUT2D eigenvalue weighted by atomic mass is 79.9. The van der Waals surface area contributed by atoms with Crippen LogP contribution in [0.4, 0.5) is 0 Å². The van der Waals surface area contributed by atoms with Crippen molar-refractivity contribution < 1.29 is 4.74 Å². The molecule has 19 heavy (non-hydrogen) atoms. The van der Waals surface area contributed by atoms with E-state index in [1.807, 2.05) is 0 Å². The van der Waals surface area contributed by atoms with Gasteiger partial charge in [0.05, 0.1) is 12.5 Å². The zero-order valence-corrected chi connectivity index (χ0v) is 13.8. The molecule has 4 atom stereocenters. The summed E-state index contributed by atoms with van der Waals surface area (Å²) < 4.78 is 6.66. The summed E-state index contributed by atoms with van der Waals surface area (Å²) in [7, 11) is 1.73. The van der Waals surface area contributed by atoms with Gasteiger partial charge in [-0.15, -0.1) is 11.6 Å². The quantitative estimate of drug-likeness (QED) is 0.660. The Morgan fingerprint density at radius 3 is 2.68 bits per heavy atom. The summed E-state index contributed by atoms with van der Waals surface area (Å²) in [5, 5.41) is 0.0853. The van der Waals surface area contributed by atoms with Crippen molar-refractivity contribution >= 4 is 27.5 Å². The smallest absolute Gasteiger partial charge is 0.123 e. The highest BCUT2D eigenvalue weighted by Gasteiger charge is 2.43. The van der Waals surface area contributed by atoms with Crippen LogP contribution in [-0.4, -0.2) is 7.11 Å². The third-order valence-electron chi connectivity index (χ3n) is 4.98. The third kappa shape index (κ3) is 2.42. The standard InChI is InChI=1S/C16H20BrClO/c1-9-5-15(19-2)13(8-14(9)17)16(18)12-7-10-3-4-11(12)6-10/h5,8,10-12,16H,3-4,6-7H2,1-2H3. The van der Waals surface area contributed by atoms with Gasteiger partial charge in [0.25, 0.3) is 0 Å². The maximum Gasteiger partial charge on any atom is 0.123 e. The highest BCUT2D eigenvalue weighted by molar-refractivity contribution is 9.10. The van der Waals surface area contributed by atoms with Gasteiger partial charge in [-0.05, 0) is 61.6 Å². The van der Waals surface area contributed by atoms with Gasteiger partial charge in [-0.25, -0.2) is 0 Å². The van der Waals surface area contributed by atoms with E-state index < -0.39 is 0 Å². The molecule has 104 valence electrons. The van der Waals surface area contributed by atoms with E-state index in [0.717, 1.165) is 27.6 Å². The van der Waals surface area contributed by atoms with Crippen molar-refractivity contribution in [3.05, 3.63) is 27.7 Å². The summed E-state index contributed by atoms with van der Waals surface area (Å²) in [4.78, 5) is 0. The van der Waals surface area contributed by atoms with Crippen LogP contribution in [-0.2, 0) is 0 Å². The normalized spacial score (nSPS) is 30.6. The molecule has 2 fully saturated rings. The predicted molar refractivity (Wildman–Crippen MR) is 83.0 cm³/mol. The molecule has 0 aliphatic heterocycles. The van der Waals surface area contributed by atoms with Crippen molar-refractivity contribution in [3.63, 3.8) is 0 Å². The molecule has 2 aliphatic carbocycles. The van der Waals surface area contributed by atoms with Crippen molar-refractivity contribution in [2.75, 3.05) is 7.11 Å². The van der Waals surface area contributed by atoms with Gasteiger partial charge in [0, 0.05) is 10.0 Å². The molecule has 3 rings (SSSR count). The number of benzene rings is 1. The molecule has 1 aromatic carbocycles. The van der Waals surface area contributed by atoms with Gasteiger partial charge in [0.15, 0.2) is 0 Å². The fourth-order valence-electron chi connectivity index (χ4n) is 3.95. The number of methoxy groups -OCH3 is 1. The summed E-state index contributed by atoms with van der Waals surface area (Å²) in [6.45, 7) is 2.08. The molecule has 3 heteroatoms. The highest BCUT2D eigenvalue weighted by Crippen LogP contribution is 2.55. The molecule has 0 spiro atoms. The summed E-state index contributed by atoms with van der Waals surface area (Å²) in [6, 6.07) is 4.24. The fraction of sp³-hybridized carbons (Fsp3) is 0.625. The molecular formula is C16H20BrClO. The topological polar surface area (TPSA) is 9.23 Å². The Kier molecular flexibility index (Phi) is 3.83. The van der Waals surface area contributed by atoms with Crippen molar-refractivity contribution in [2.24, 2.45) is 17.8 Å². The number of hydrogen-bond donors (Lipinski definition) is 0. The van der Waals surface area contributed by atoms with Crippen LogP contribution in [0.25, 0.3) is 0 Å². The van der Waals surface area contributed by atoms with E-state index in [1.165, 1.54) is 31.2 Å². The summed E-state index contributed by atoms with van der Waals surface area (Å²) in [5.41, 5.74) is 2.34. The zero-order valence-electron chi connectivity index (χ0n) is 11.5. The van der Waals surface area contributed by atoms with E-state index in [2.05, 4.69) is 35.0 Å². The second-order valence-corrected chi connectivity index (χ2v) is 7.41. The Balaban J connectivity index is 1.90. The van der Waals surface area contributed by atoms with E-state index in [9.17, 15) is 0 Å². The first kappa shape index (κ1) is 13.8. The maximum atomic E-state index is 6.81. The molecular weight excluding hydrogens is 324 g/mol. The summed E-state index contributed by atoms with van der Waals surface area (Å²) >= 11 is 10.4. The second-order valence-electron chi connectivity index (χ2n) is 6.08. The molecule has 2 saturated carbocycles. The molecule has 4 unspecified atom stereocenters. The Labute approximate surface area is 128 Å². The Morgan fingerprint density at radius 1 is 1.32 bits per heavy atom. The van der Waals surface area contributed by atoms with Crippen molar-refractivity contribution in [1.29, 1.82) is 0 Å². The minimum atomic E-state index is 0.0853. The SMILES string of the molecule is COc1cc(C)c(Br)cc1C(Cl)C1CC2CCC1C2. The first-order valence-corrected chi connectivity index (χ1v) is 8.31. The van der Waals surface area contributed by atoms with E-state index in [4.69, 9.17) is 16.3 Å². The lowest BCUT2D eigenvalue weighted by atomic mass is 9.83. The number of halogens is 2. The number of rotatable bonds is 3. The van der Waals surface area contributed by atoms with E-state index in [0.29, 0.717) is 5.92 Å². The Hall–Kier alpha value is -0.210. The molecule has 0 aromatic heterocycles. The average molecular weight is 344 g/mol. The molecule has 0 N–H and O–H groups in total. The Morgan fingerprint density at radius 2 is 2.11 bits per heavy atom. The minimum absolute atomic E-state index is 0.0853. The Bertz CT molecular complexity index is 488. The van der Waals surface area contributed by atoms with Crippen LogP contribution in [0.1, 0.15) is 42.2 Å². The predicted octanol–water partition coefficient (Wildman–Crippen LogP) is 5.48. The molecule has 1 aromatic rings. The van der Waals surface area contributed by atoms with Crippen molar-refractivity contribution in [2.45, 2.75) is 38.0 Å². The maximum absolute atomic E-state index is 6.81. The molecule has 0 saturated heterocycles. The van der Waals surface area contributed by atoms with Crippen LogP contribution in [0.2, 0.25) is 0 Å². The molecule has 0 radical (unpaired) electrons. The third-order valence-corrected chi connectivity index (χ3v) is 6.39. The molecule has 0 heterocycles. The van der Waals surface area contributed by atoms with Gasteiger partial charge < -0.3 is 4.74 Å². The van der Waals surface area contributed by atoms with E-state index in [1.54, 1.807) is 7.11 Å². The van der Waals surface area contributed by atoms with Gasteiger partial charge in [-0.1, -0.05) is 22.4 Å². The van der Waals surface area contributed by atoms with Crippen molar-refractivity contribution in [3.8, 4) is 5.75 Å². The van der Waals surface area contributed by atoms with Crippen molar-refractivity contribution in [1.82, 2.24) is 0 Å². The molecule has 2 aliphatic rings. The molecule has 0 amide bonds. The van der Waals surface area contributed by atoms with Crippen LogP contribution in [0.3, 0.4) is 0 Å². The van der Waals surface area contributed by atoms with E-state index >= 15 is 0 Å². The number of aryl methyl sites for hydroxylation is 1. The van der Waals surface area contributed by atoms with Gasteiger partial charge in [-0.2, -0.15) is 0 Å². The van der Waals surface area contributed by atoms with Crippen LogP contribution < -0.4 is 4.74 Å². The first-order chi connectivity index (χ1) is 9.10. The minimum Gasteiger partial charge on any atom is -0.496 e. The van der Waals surface area contributed by atoms with Crippen LogP contribution in [0.5, 0.6) is 5.75 Å². The van der Waals surface area contributed by atoms with Gasteiger partial charge in [0.1, 0.15) is 5.75 Å². The fourth-order valence-corrected chi connectivity index (χ4v) is 4.79. The average Bonchev–Trinajstić information content (AvgIpc) is 3.03. The number of fused-ring (bicyclic) bond motifs is 2. The zero-order chi connectivity index (χ0) is 13.6. The summed E-state index contributed by atoms with van der Waals surface area (Å²) in [6.07, 6.45) is 5.48. The lowest BCUT2D eigenvalue weighted by Gasteiger charge is -2.28. The van der Waals surface area contributed by atoms with E-state index in [-0.39, 0.29) is 5.38 Å². The summed E-state index contributed by atoms with van der Waals surface area (Å²) in [5.74, 6) is 3.32. The van der Waals surface area contributed by atoms with Crippen LogP contribution in [0.15, 0.2) is 16.6 Å². The number of hydrogen-bond acceptors (Lipinski definition) is 1. The number of alkyl halides is 1. The van der Waals surface area contributed by atoms with Gasteiger partial charge in [-0.3, -0.25) is 0 Å². The second kappa shape index (κ2) is 5.29. The molecule has 1 nitrogen and oxygen atoms in total. The molecule has 2 bridgehead atoms.